The highest BCUT2D eigenvalue weighted by atomic mass is 35.5. The van der Waals surface area contributed by atoms with Crippen LogP contribution >= 0.6 is 24.8 Å². The highest BCUT2D eigenvalue weighted by molar-refractivity contribution is 5.85. The van der Waals surface area contributed by atoms with E-state index in [0.29, 0.717) is 12.5 Å². The minimum atomic E-state index is 0. The third-order valence-corrected chi connectivity index (χ3v) is 4.32. The van der Waals surface area contributed by atoms with Crippen LogP contribution in [0.5, 0.6) is 0 Å². The zero-order valence-corrected chi connectivity index (χ0v) is 14.5. The number of carbonyl (C=O) groups is 1. The first kappa shape index (κ1) is 21.0. The Morgan fingerprint density at radius 3 is 2.19 bits per heavy atom. The molecule has 1 amide bonds. The number of unbranched alkanes of at least 4 members (excludes halogenated alkanes) is 3. The van der Waals surface area contributed by atoms with Gasteiger partial charge in [-0.25, -0.2) is 0 Å². The van der Waals surface area contributed by atoms with E-state index < -0.39 is 0 Å². The van der Waals surface area contributed by atoms with Crippen LogP contribution in [0.3, 0.4) is 0 Å². The fraction of sp³-hybridized carbons (Fsp3) is 0.933. The minimum Gasteiger partial charge on any atom is -0.353 e. The fourth-order valence-electron chi connectivity index (χ4n) is 2.93. The number of nitrogens with one attached hydrogen (secondary N) is 1. The summed E-state index contributed by atoms with van der Waals surface area (Å²) >= 11 is 0. The quantitative estimate of drug-likeness (QED) is 0.668. The summed E-state index contributed by atoms with van der Waals surface area (Å²) in [4.78, 5) is 14.4. The van der Waals surface area contributed by atoms with Crippen molar-refractivity contribution >= 4 is 30.7 Å². The van der Waals surface area contributed by atoms with E-state index in [4.69, 9.17) is 5.73 Å². The molecule has 0 radical (unpaired) electrons. The summed E-state index contributed by atoms with van der Waals surface area (Å²) in [5.41, 5.74) is 5.45. The molecule has 126 valence electrons. The maximum absolute atomic E-state index is 11.8. The average molecular weight is 340 g/mol. The average Bonchev–Trinajstić information content (AvgIpc) is 3.24. The van der Waals surface area contributed by atoms with Crippen LogP contribution in [0.15, 0.2) is 0 Å². The first-order chi connectivity index (χ1) is 9.29. The summed E-state index contributed by atoms with van der Waals surface area (Å²) in [6.45, 7) is 3.12. The molecule has 2 fully saturated rings. The van der Waals surface area contributed by atoms with Gasteiger partial charge in [0.15, 0.2) is 0 Å². The van der Waals surface area contributed by atoms with Gasteiger partial charge in [-0.2, -0.15) is 0 Å². The number of nitrogens with two attached hydrogens (primary N) is 1. The van der Waals surface area contributed by atoms with Crippen LogP contribution in [-0.2, 0) is 4.79 Å². The van der Waals surface area contributed by atoms with Gasteiger partial charge < -0.3 is 16.0 Å². The van der Waals surface area contributed by atoms with Gasteiger partial charge in [-0.1, -0.05) is 12.8 Å². The van der Waals surface area contributed by atoms with Crippen LogP contribution in [0, 0.1) is 0 Å². The Labute approximate surface area is 141 Å². The van der Waals surface area contributed by atoms with Crippen LogP contribution in [0.25, 0.3) is 0 Å². The van der Waals surface area contributed by atoms with Crippen molar-refractivity contribution in [2.75, 3.05) is 19.6 Å². The lowest BCUT2D eigenvalue weighted by Crippen LogP contribution is -2.45. The van der Waals surface area contributed by atoms with Crippen molar-refractivity contribution in [2.45, 2.75) is 69.9 Å². The predicted molar refractivity (Wildman–Crippen MR) is 92.4 cm³/mol. The van der Waals surface area contributed by atoms with Crippen LogP contribution < -0.4 is 11.1 Å². The molecule has 1 heterocycles. The van der Waals surface area contributed by atoms with E-state index in [1.165, 1.54) is 25.9 Å². The van der Waals surface area contributed by atoms with Crippen molar-refractivity contribution in [3.63, 3.8) is 0 Å². The maximum Gasteiger partial charge on any atom is 0.220 e. The van der Waals surface area contributed by atoms with E-state index in [9.17, 15) is 4.79 Å². The first-order valence-electron chi connectivity index (χ1n) is 8.03. The second-order valence-corrected chi connectivity index (χ2v) is 6.06. The molecule has 6 heteroatoms. The molecule has 0 aromatic carbocycles. The van der Waals surface area contributed by atoms with Crippen LogP contribution in [0.1, 0.15) is 57.8 Å². The van der Waals surface area contributed by atoms with Gasteiger partial charge in [0, 0.05) is 31.6 Å². The van der Waals surface area contributed by atoms with Crippen molar-refractivity contribution in [3.8, 4) is 0 Å². The van der Waals surface area contributed by atoms with E-state index in [2.05, 4.69) is 10.2 Å². The van der Waals surface area contributed by atoms with Crippen molar-refractivity contribution in [1.29, 1.82) is 0 Å². The van der Waals surface area contributed by atoms with Crippen molar-refractivity contribution in [1.82, 2.24) is 10.2 Å². The van der Waals surface area contributed by atoms with Crippen molar-refractivity contribution in [3.05, 3.63) is 0 Å². The molecular formula is C15H31Cl2N3O. The summed E-state index contributed by atoms with van der Waals surface area (Å²) in [6, 6.07) is 1.30. The number of likely N-dealkylation sites (tertiary alicyclic amines) is 1. The highest BCUT2D eigenvalue weighted by Crippen LogP contribution is 2.29. The van der Waals surface area contributed by atoms with E-state index in [1.807, 2.05) is 0 Å². The zero-order chi connectivity index (χ0) is 13.5. The molecule has 1 aliphatic carbocycles. The number of nitrogens with zero attached hydrogens (tertiary/aromatic N) is 1. The van der Waals surface area contributed by atoms with Gasteiger partial charge in [0.25, 0.3) is 0 Å². The molecule has 1 saturated heterocycles. The summed E-state index contributed by atoms with van der Waals surface area (Å²) in [7, 11) is 0. The molecule has 0 aromatic heterocycles. The van der Waals surface area contributed by atoms with E-state index in [1.54, 1.807) is 0 Å². The van der Waals surface area contributed by atoms with Crippen molar-refractivity contribution < 1.29 is 4.79 Å². The first-order valence-corrected chi connectivity index (χ1v) is 8.03. The van der Waals surface area contributed by atoms with Gasteiger partial charge in [-0.05, 0) is 45.1 Å². The van der Waals surface area contributed by atoms with Crippen LogP contribution in [0.2, 0.25) is 0 Å². The molecule has 0 atom stereocenters. The molecule has 4 nitrogen and oxygen atoms in total. The monoisotopic (exact) mass is 339 g/mol. The number of carbonyl (C=O) groups excluding carboxylic acids is 1. The van der Waals surface area contributed by atoms with Gasteiger partial charge in [-0.3, -0.25) is 4.79 Å². The summed E-state index contributed by atoms with van der Waals surface area (Å²) in [5, 5.41) is 3.20. The van der Waals surface area contributed by atoms with Gasteiger partial charge in [0.05, 0.1) is 0 Å². The minimum absolute atomic E-state index is 0. The Morgan fingerprint density at radius 2 is 1.62 bits per heavy atom. The molecular weight excluding hydrogens is 309 g/mol. The van der Waals surface area contributed by atoms with Gasteiger partial charge in [0.2, 0.25) is 5.91 Å². The second-order valence-electron chi connectivity index (χ2n) is 6.06. The van der Waals surface area contributed by atoms with Gasteiger partial charge in [-0.15, -0.1) is 24.8 Å². The van der Waals surface area contributed by atoms with Crippen LogP contribution in [-0.4, -0.2) is 42.5 Å². The molecule has 2 aliphatic rings. The maximum atomic E-state index is 11.8. The van der Waals surface area contributed by atoms with Crippen LogP contribution in [0.4, 0.5) is 0 Å². The molecule has 21 heavy (non-hydrogen) atoms. The highest BCUT2D eigenvalue weighted by Gasteiger charge is 2.31. The molecule has 1 aliphatic heterocycles. The molecule has 0 unspecified atom stereocenters. The number of rotatable bonds is 8. The Morgan fingerprint density at radius 1 is 1.00 bits per heavy atom. The number of piperidine rings is 1. The SMILES string of the molecule is Cl.Cl.NCCCCCCC(=O)NC1CCN(C2CC2)CC1. The second kappa shape index (κ2) is 11.5. The summed E-state index contributed by atoms with van der Waals surface area (Å²) < 4.78 is 0. The normalized spacial score (nSPS) is 19.5. The lowest BCUT2D eigenvalue weighted by atomic mass is 10.0. The standard InChI is InChI=1S/C15H29N3O.2ClH/c16-10-4-2-1-3-5-15(19)17-13-8-11-18(12-9-13)14-6-7-14;;/h13-14H,1-12,16H2,(H,17,19);2*1H. The Kier molecular flexibility index (Phi) is 11.5. The fourth-order valence-corrected chi connectivity index (χ4v) is 2.93. The molecule has 2 rings (SSSR count). The summed E-state index contributed by atoms with van der Waals surface area (Å²) in [6.07, 6.45) is 10.1. The lowest BCUT2D eigenvalue weighted by Gasteiger charge is -2.32. The zero-order valence-electron chi connectivity index (χ0n) is 12.9. The van der Waals surface area contributed by atoms with Gasteiger partial charge in [0.1, 0.15) is 0 Å². The molecule has 0 aromatic rings. The van der Waals surface area contributed by atoms with Gasteiger partial charge >= 0.3 is 0 Å². The third-order valence-electron chi connectivity index (χ3n) is 4.32. The number of halogens is 2. The van der Waals surface area contributed by atoms with E-state index >= 15 is 0 Å². The number of hydrogen-bond donors (Lipinski definition) is 2. The molecule has 0 spiro atoms. The van der Waals surface area contributed by atoms with E-state index in [0.717, 1.165) is 51.1 Å². The van der Waals surface area contributed by atoms with E-state index in [-0.39, 0.29) is 30.7 Å². The third kappa shape index (κ3) is 8.24. The Balaban J connectivity index is 0.00000200. The lowest BCUT2D eigenvalue weighted by molar-refractivity contribution is -0.122. The Hall–Kier alpha value is -0.0300. The predicted octanol–water partition coefficient (Wildman–Crippen LogP) is 2.48. The molecule has 1 saturated carbocycles. The smallest absolute Gasteiger partial charge is 0.220 e. The number of hydrogen-bond acceptors (Lipinski definition) is 3. The summed E-state index contributed by atoms with van der Waals surface area (Å²) in [5.74, 6) is 0.248. The molecule has 0 bridgehead atoms. The topological polar surface area (TPSA) is 58.4 Å². The largest absolute Gasteiger partial charge is 0.353 e. The Bertz CT molecular complexity index is 280. The number of amides is 1. The molecule has 3 N–H and O–H groups in total. The van der Waals surface area contributed by atoms with Crippen molar-refractivity contribution in [2.24, 2.45) is 5.73 Å².